The van der Waals surface area contributed by atoms with Crippen LogP contribution in [-0.4, -0.2) is 11.6 Å². The van der Waals surface area contributed by atoms with E-state index < -0.39 is 5.91 Å². The van der Waals surface area contributed by atoms with Gasteiger partial charge < -0.3 is 10.6 Å². The van der Waals surface area contributed by atoms with Crippen molar-refractivity contribution in [3.8, 4) is 0 Å². The Morgan fingerprint density at radius 3 is 2.13 bits per heavy atom. The molecule has 0 bridgehead atoms. The smallest absolute Gasteiger partial charge is 0.248 e. The van der Waals surface area contributed by atoms with E-state index in [1.165, 1.54) is 33.8 Å². The number of allylic oxidation sites excluding steroid dienone is 8. The Balaban J connectivity index is 1.32. The third-order valence-electron chi connectivity index (χ3n) is 9.33. The molecule has 0 spiro atoms. The SMILES string of the molecule is CC(/C=C/C=C1/N(c2ccc(C)cc2)c2ccccc2C1(C)C)=C\C=C\C1=[N+](c2ccc(C(N)=O)cc2)c2ccccc2C1(C)C. The van der Waals surface area contributed by atoms with Gasteiger partial charge in [-0.3, -0.25) is 4.79 Å². The van der Waals surface area contributed by atoms with Crippen LogP contribution in [0.1, 0.15) is 61.7 Å². The maximum Gasteiger partial charge on any atom is 0.248 e. The number of benzene rings is 4. The van der Waals surface area contributed by atoms with Crippen LogP contribution in [0.3, 0.4) is 0 Å². The largest absolute Gasteiger partial charge is 0.366 e. The number of carbonyl (C=O) groups excluding carboxylic acids is 1. The molecule has 230 valence electrons. The molecular weight excluding hydrogens is 562 g/mol. The quantitative estimate of drug-likeness (QED) is 0.169. The van der Waals surface area contributed by atoms with Gasteiger partial charge in [0.15, 0.2) is 5.71 Å². The number of aryl methyl sites for hydroxylation is 1. The van der Waals surface area contributed by atoms with E-state index in [0.717, 1.165) is 22.7 Å². The molecule has 1 amide bonds. The number of nitrogens with zero attached hydrogens (tertiary/aromatic N) is 2. The number of hydrogen-bond acceptors (Lipinski definition) is 2. The number of fused-ring (bicyclic) bond motifs is 2. The van der Waals surface area contributed by atoms with Crippen molar-refractivity contribution >= 4 is 34.4 Å². The van der Waals surface area contributed by atoms with Gasteiger partial charge in [-0.1, -0.05) is 97.8 Å². The first kappa shape index (κ1) is 30.8. The maximum absolute atomic E-state index is 11.7. The molecular formula is C42H42N3O+. The zero-order chi connectivity index (χ0) is 32.6. The van der Waals surface area contributed by atoms with Gasteiger partial charge in [0.25, 0.3) is 0 Å². The molecule has 0 atom stereocenters. The predicted octanol–water partition coefficient (Wildman–Crippen LogP) is 9.73. The van der Waals surface area contributed by atoms with Crippen LogP contribution in [0.15, 0.2) is 145 Å². The summed E-state index contributed by atoms with van der Waals surface area (Å²) in [6.45, 7) is 13.4. The van der Waals surface area contributed by atoms with E-state index in [-0.39, 0.29) is 10.8 Å². The van der Waals surface area contributed by atoms with Gasteiger partial charge in [0, 0.05) is 57.9 Å². The fourth-order valence-electron chi connectivity index (χ4n) is 6.72. The van der Waals surface area contributed by atoms with Crippen molar-refractivity contribution in [2.45, 2.75) is 52.4 Å². The minimum Gasteiger partial charge on any atom is -0.366 e. The van der Waals surface area contributed by atoms with E-state index in [0.29, 0.717) is 5.56 Å². The van der Waals surface area contributed by atoms with Crippen LogP contribution in [0.25, 0.3) is 0 Å². The van der Waals surface area contributed by atoms with Gasteiger partial charge in [0.2, 0.25) is 17.3 Å². The summed E-state index contributed by atoms with van der Waals surface area (Å²) in [5.74, 6) is -0.425. The van der Waals surface area contributed by atoms with Crippen molar-refractivity contribution in [3.05, 3.63) is 167 Å². The molecule has 2 N–H and O–H groups in total. The minimum atomic E-state index is -0.425. The van der Waals surface area contributed by atoms with Gasteiger partial charge in [-0.05, 0) is 69.7 Å². The third kappa shape index (κ3) is 5.45. The van der Waals surface area contributed by atoms with E-state index in [4.69, 9.17) is 5.73 Å². The monoisotopic (exact) mass is 604 g/mol. The van der Waals surface area contributed by atoms with Crippen LogP contribution in [0.2, 0.25) is 0 Å². The zero-order valence-corrected chi connectivity index (χ0v) is 27.6. The standard InChI is InChI=1S/C42H41N3O/c1-29(13-11-19-38-41(3,4)34-15-7-9-17-36(34)44(38)32-25-21-30(2)22-26-32)14-12-20-39-42(5,6)35-16-8-10-18-37(35)45(39)33-27-23-31(24-28-33)40(43)46/h7-28H,1-6H3,(H-,43,46)/p+1. The Bertz CT molecular complexity index is 1970. The molecule has 4 aromatic rings. The van der Waals surface area contributed by atoms with Crippen LogP contribution in [0.5, 0.6) is 0 Å². The topological polar surface area (TPSA) is 49.3 Å². The lowest BCUT2D eigenvalue weighted by atomic mass is 9.81. The highest BCUT2D eigenvalue weighted by atomic mass is 16.1. The van der Waals surface area contributed by atoms with Crippen molar-refractivity contribution in [3.63, 3.8) is 0 Å². The number of amides is 1. The highest BCUT2D eigenvalue weighted by Gasteiger charge is 2.45. The van der Waals surface area contributed by atoms with Crippen molar-refractivity contribution in [1.82, 2.24) is 4.58 Å². The van der Waals surface area contributed by atoms with Crippen LogP contribution in [0.4, 0.5) is 22.7 Å². The molecule has 0 fully saturated rings. The number of carbonyl (C=O) groups is 1. The van der Waals surface area contributed by atoms with Gasteiger partial charge in [-0.15, -0.1) is 0 Å². The Morgan fingerprint density at radius 2 is 1.43 bits per heavy atom. The van der Waals surface area contributed by atoms with Gasteiger partial charge >= 0.3 is 0 Å². The number of nitrogens with two attached hydrogens (primary N) is 1. The van der Waals surface area contributed by atoms with E-state index in [2.05, 4.69) is 160 Å². The lowest BCUT2D eigenvalue weighted by molar-refractivity contribution is 0.100. The molecule has 2 heterocycles. The van der Waals surface area contributed by atoms with Crippen LogP contribution in [0, 0.1) is 6.92 Å². The second-order valence-electron chi connectivity index (χ2n) is 13.3. The summed E-state index contributed by atoms with van der Waals surface area (Å²) >= 11 is 0. The molecule has 46 heavy (non-hydrogen) atoms. The average Bonchev–Trinajstić information content (AvgIpc) is 3.41. The van der Waals surface area contributed by atoms with Crippen molar-refractivity contribution in [2.24, 2.45) is 5.73 Å². The molecule has 4 aromatic carbocycles. The summed E-state index contributed by atoms with van der Waals surface area (Å²) in [4.78, 5) is 14.1. The van der Waals surface area contributed by atoms with Crippen LogP contribution in [-0.2, 0) is 10.8 Å². The maximum atomic E-state index is 11.7. The number of hydrogen-bond donors (Lipinski definition) is 1. The Hall–Kier alpha value is -5.22. The van der Waals surface area contributed by atoms with Crippen molar-refractivity contribution < 1.29 is 4.79 Å². The van der Waals surface area contributed by atoms with Crippen LogP contribution < -0.4 is 15.2 Å². The fraction of sp³-hybridized carbons (Fsp3) is 0.190. The lowest BCUT2D eigenvalue weighted by Crippen LogP contribution is -2.27. The molecule has 0 aromatic heterocycles. The summed E-state index contributed by atoms with van der Waals surface area (Å²) in [5, 5.41) is 0. The molecule has 6 rings (SSSR count). The number of anilines is 2. The Kier molecular flexibility index (Phi) is 7.99. The molecule has 0 saturated heterocycles. The summed E-state index contributed by atoms with van der Waals surface area (Å²) in [6, 6.07) is 33.5. The predicted molar refractivity (Wildman–Crippen MR) is 194 cm³/mol. The summed E-state index contributed by atoms with van der Waals surface area (Å²) in [7, 11) is 0. The van der Waals surface area contributed by atoms with E-state index in [9.17, 15) is 4.79 Å². The molecule has 2 aliphatic rings. The number of primary amides is 1. The van der Waals surface area contributed by atoms with E-state index in [1.807, 2.05) is 12.1 Å². The van der Waals surface area contributed by atoms with Crippen LogP contribution >= 0.6 is 0 Å². The fourth-order valence-corrected chi connectivity index (χ4v) is 6.72. The summed E-state index contributed by atoms with van der Waals surface area (Å²) in [5.41, 5.74) is 17.6. The van der Waals surface area contributed by atoms with Crippen molar-refractivity contribution in [1.29, 1.82) is 0 Å². The second kappa shape index (κ2) is 11.9. The molecule has 0 saturated carbocycles. The van der Waals surface area contributed by atoms with Gasteiger partial charge in [-0.2, -0.15) is 4.58 Å². The molecule has 0 aliphatic carbocycles. The van der Waals surface area contributed by atoms with Crippen molar-refractivity contribution in [2.75, 3.05) is 4.90 Å². The molecule has 4 nitrogen and oxygen atoms in total. The third-order valence-corrected chi connectivity index (χ3v) is 9.33. The first-order chi connectivity index (χ1) is 22.0. The first-order valence-electron chi connectivity index (χ1n) is 15.9. The van der Waals surface area contributed by atoms with Gasteiger partial charge in [0.05, 0.1) is 5.41 Å². The average molecular weight is 605 g/mol. The van der Waals surface area contributed by atoms with Gasteiger partial charge in [0.1, 0.15) is 0 Å². The Morgan fingerprint density at radius 1 is 0.783 bits per heavy atom. The Labute approximate surface area is 273 Å². The lowest BCUT2D eigenvalue weighted by Gasteiger charge is -2.27. The first-order valence-corrected chi connectivity index (χ1v) is 15.9. The highest BCUT2D eigenvalue weighted by molar-refractivity contribution is 6.10. The minimum absolute atomic E-state index is 0.137. The normalized spacial score (nSPS) is 17.7. The second-order valence-corrected chi connectivity index (χ2v) is 13.3. The zero-order valence-electron chi connectivity index (χ0n) is 27.6. The van der Waals surface area contributed by atoms with Gasteiger partial charge in [-0.25, -0.2) is 0 Å². The van der Waals surface area contributed by atoms with E-state index in [1.54, 1.807) is 12.1 Å². The summed E-state index contributed by atoms with van der Waals surface area (Å²) < 4.78 is 2.28. The molecule has 4 heteroatoms. The molecule has 0 unspecified atom stereocenters. The number of para-hydroxylation sites is 2. The van der Waals surface area contributed by atoms with E-state index >= 15 is 0 Å². The molecule has 0 radical (unpaired) electrons. The summed E-state index contributed by atoms with van der Waals surface area (Å²) in [6.07, 6.45) is 13.1. The molecule has 2 aliphatic heterocycles. The highest BCUT2D eigenvalue weighted by Crippen LogP contribution is 2.51. The number of rotatable bonds is 7.